The molecule has 1 aromatic rings. The zero-order valence-corrected chi connectivity index (χ0v) is 11.1. The fraction of sp³-hybridized carbons (Fsp3) is 0.364. The molecular formula is C11H11Cl2F2NO3. The number of amides is 1. The summed E-state index contributed by atoms with van der Waals surface area (Å²) in [6.07, 6.45) is -2.70. The van der Waals surface area contributed by atoms with Crippen molar-refractivity contribution >= 4 is 34.8 Å². The van der Waals surface area contributed by atoms with E-state index in [1.807, 2.05) is 0 Å². The highest BCUT2D eigenvalue weighted by molar-refractivity contribution is 6.36. The van der Waals surface area contributed by atoms with Gasteiger partial charge in [0.2, 0.25) is 5.91 Å². The third kappa shape index (κ3) is 5.59. The number of benzene rings is 1. The number of carbonyl (C=O) groups excluding carboxylic acids is 1. The Morgan fingerprint density at radius 3 is 2.74 bits per heavy atom. The maximum atomic E-state index is 11.8. The fourth-order valence-electron chi connectivity index (χ4n) is 1.21. The number of hydrogen-bond donors (Lipinski definition) is 2. The van der Waals surface area contributed by atoms with Crippen molar-refractivity contribution in [2.24, 2.45) is 0 Å². The zero-order valence-electron chi connectivity index (χ0n) is 9.63. The van der Waals surface area contributed by atoms with Crippen molar-refractivity contribution in [3.63, 3.8) is 0 Å². The van der Waals surface area contributed by atoms with Crippen LogP contribution in [0.4, 0.5) is 14.5 Å². The van der Waals surface area contributed by atoms with E-state index in [1.165, 1.54) is 12.1 Å². The third-order valence-corrected chi connectivity index (χ3v) is 2.53. The highest BCUT2D eigenvalue weighted by atomic mass is 35.5. The molecule has 4 nitrogen and oxygen atoms in total. The molecule has 0 fully saturated rings. The first kappa shape index (κ1) is 15.9. The minimum Gasteiger partial charge on any atom is -0.504 e. The van der Waals surface area contributed by atoms with Crippen molar-refractivity contribution in [2.75, 3.05) is 18.5 Å². The van der Waals surface area contributed by atoms with Crippen LogP contribution in [0, 0.1) is 0 Å². The fourth-order valence-corrected chi connectivity index (χ4v) is 1.70. The second-order valence-electron chi connectivity index (χ2n) is 3.55. The van der Waals surface area contributed by atoms with Gasteiger partial charge < -0.3 is 15.2 Å². The lowest BCUT2D eigenvalue weighted by molar-refractivity contribution is -0.117. The summed E-state index contributed by atoms with van der Waals surface area (Å²) < 4.78 is 28.1. The van der Waals surface area contributed by atoms with Crippen LogP contribution in [0.5, 0.6) is 5.75 Å². The van der Waals surface area contributed by atoms with Crippen LogP contribution in [0.1, 0.15) is 6.42 Å². The molecular weight excluding hydrogens is 303 g/mol. The summed E-state index contributed by atoms with van der Waals surface area (Å²) in [7, 11) is 0. The van der Waals surface area contributed by atoms with Crippen molar-refractivity contribution < 1.29 is 23.4 Å². The number of anilines is 1. The lowest BCUT2D eigenvalue weighted by Crippen LogP contribution is -2.15. The number of aromatic hydroxyl groups is 1. The number of nitrogens with one attached hydrogen (secondary N) is 1. The Morgan fingerprint density at radius 1 is 1.42 bits per heavy atom. The zero-order chi connectivity index (χ0) is 14.4. The van der Waals surface area contributed by atoms with Gasteiger partial charge in [-0.15, -0.1) is 0 Å². The topological polar surface area (TPSA) is 58.6 Å². The van der Waals surface area contributed by atoms with Gasteiger partial charge in [-0.3, -0.25) is 4.79 Å². The van der Waals surface area contributed by atoms with E-state index in [0.29, 0.717) is 0 Å². The molecule has 1 amide bonds. The number of phenolic OH excluding ortho intramolecular Hbond substituents is 1. The van der Waals surface area contributed by atoms with Gasteiger partial charge >= 0.3 is 0 Å². The van der Waals surface area contributed by atoms with E-state index >= 15 is 0 Å². The van der Waals surface area contributed by atoms with Crippen molar-refractivity contribution in [1.29, 1.82) is 0 Å². The van der Waals surface area contributed by atoms with E-state index in [1.54, 1.807) is 0 Å². The first-order chi connectivity index (χ1) is 8.90. The highest BCUT2D eigenvalue weighted by Crippen LogP contribution is 2.34. The van der Waals surface area contributed by atoms with Gasteiger partial charge in [0.05, 0.1) is 23.7 Å². The predicted molar refractivity (Wildman–Crippen MR) is 68.2 cm³/mol. The summed E-state index contributed by atoms with van der Waals surface area (Å²) in [5.41, 5.74) is 0.0522. The van der Waals surface area contributed by atoms with E-state index in [-0.39, 0.29) is 34.5 Å². The molecule has 1 aromatic carbocycles. The number of halogens is 4. The van der Waals surface area contributed by atoms with E-state index in [4.69, 9.17) is 23.2 Å². The highest BCUT2D eigenvalue weighted by Gasteiger charge is 2.11. The molecule has 0 spiro atoms. The standard InChI is InChI=1S/C11H11Cl2F2NO3/c12-6-3-7(13)11(18)8(4-6)16-10(17)1-2-19-5-9(14)15/h3-4,9,18H,1-2,5H2,(H,16,17). The molecule has 0 atom stereocenters. The van der Waals surface area contributed by atoms with Crippen molar-refractivity contribution in [1.82, 2.24) is 0 Å². The number of carbonyl (C=O) groups is 1. The molecule has 19 heavy (non-hydrogen) atoms. The second kappa shape index (κ2) is 7.47. The number of hydrogen-bond acceptors (Lipinski definition) is 3. The molecule has 0 aliphatic carbocycles. The molecule has 0 radical (unpaired) electrons. The second-order valence-corrected chi connectivity index (χ2v) is 4.39. The lowest BCUT2D eigenvalue weighted by Gasteiger charge is -2.09. The summed E-state index contributed by atoms with van der Waals surface area (Å²) in [5, 5.41) is 12.2. The van der Waals surface area contributed by atoms with Gasteiger partial charge in [0.1, 0.15) is 6.61 Å². The molecule has 0 aliphatic rings. The van der Waals surface area contributed by atoms with Gasteiger partial charge in [-0.2, -0.15) is 0 Å². The summed E-state index contributed by atoms with van der Waals surface area (Å²) >= 11 is 11.4. The summed E-state index contributed by atoms with van der Waals surface area (Å²) in [5.74, 6) is -0.823. The van der Waals surface area contributed by atoms with Crippen molar-refractivity contribution in [2.45, 2.75) is 12.8 Å². The Kier molecular flexibility index (Phi) is 6.27. The molecule has 106 valence electrons. The number of phenols is 1. The Balaban J connectivity index is 2.49. The van der Waals surface area contributed by atoms with Crippen LogP contribution >= 0.6 is 23.2 Å². The smallest absolute Gasteiger partial charge is 0.261 e. The van der Waals surface area contributed by atoms with Crippen molar-refractivity contribution in [3.05, 3.63) is 22.2 Å². The van der Waals surface area contributed by atoms with Crippen LogP contribution < -0.4 is 5.32 Å². The molecule has 0 heterocycles. The van der Waals surface area contributed by atoms with Crippen LogP contribution in [-0.4, -0.2) is 30.7 Å². The number of ether oxygens (including phenoxy) is 1. The Bertz CT molecular complexity index is 458. The minimum absolute atomic E-state index is 0.00301. The Labute approximate surface area is 118 Å². The van der Waals surface area contributed by atoms with Crippen LogP contribution in [0.25, 0.3) is 0 Å². The quantitative estimate of drug-likeness (QED) is 0.625. The van der Waals surface area contributed by atoms with E-state index in [0.717, 1.165) is 0 Å². The molecule has 8 heteroatoms. The number of rotatable bonds is 6. The van der Waals surface area contributed by atoms with Crippen LogP contribution in [-0.2, 0) is 9.53 Å². The largest absolute Gasteiger partial charge is 0.504 e. The van der Waals surface area contributed by atoms with Gasteiger partial charge in [-0.1, -0.05) is 23.2 Å². The predicted octanol–water partition coefficient (Wildman–Crippen LogP) is 3.31. The summed E-state index contributed by atoms with van der Waals surface area (Å²) in [4.78, 5) is 11.5. The average Bonchev–Trinajstić information content (AvgIpc) is 2.31. The molecule has 0 unspecified atom stereocenters. The molecule has 0 saturated heterocycles. The van der Waals surface area contributed by atoms with Crippen LogP contribution in [0.2, 0.25) is 10.0 Å². The maximum Gasteiger partial charge on any atom is 0.261 e. The van der Waals surface area contributed by atoms with Gasteiger partial charge in [-0.25, -0.2) is 8.78 Å². The third-order valence-electron chi connectivity index (χ3n) is 2.02. The van der Waals surface area contributed by atoms with Gasteiger partial charge in [0, 0.05) is 5.02 Å². The van der Waals surface area contributed by atoms with Crippen LogP contribution in [0.3, 0.4) is 0 Å². The van der Waals surface area contributed by atoms with Gasteiger partial charge in [0.25, 0.3) is 6.43 Å². The Hall–Kier alpha value is -1.11. The van der Waals surface area contributed by atoms with Crippen molar-refractivity contribution in [3.8, 4) is 5.75 Å². The van der Waals surface area contributed by atoms with Crippen LogP contribution in [0.15, 0.2) is 12.1 Å². The molecule has 0 aromatic heterocycles. The lowest BCUT2D eigenvalue weighted by atomic mass is 10.2. The SMILES string of the molecule is O=C(CCOCC(F)F)Nc1cc(Cl)cc(Cl)c1O. The van der Waals surface area contributed by atoms with E-state index in [2.05, 4.69) is 10.1 Å². The first-order valence-corrected chi connectivity index (χ1v) is 5.99. The summed E-state index contributed by atoms with van der Waals surface area (Å²) in [6.45, 7) is -0.868. The number of alkyl halides is 2. The molecule has 2 N–H and O–H groups in total. The monoisotopic (exact) mass is 313 g/mol. The van der Waals surface area contributed by atoms with Gasteiger partial charge in [0.15, 0.2) is 5.75 Å². The maximum absolute atomic E-state index is 11.8. The summed E-state index contributed by atoms with van der Waals surface area (Å²) in [6, 6.07) is 2.64. The minimum atomic E-state index is -2.57. The first-order valence-electron chi connectivity index (χ1n) is 5.24. The Morgan fingerprint density at radius 2 is 2.11 bits per heavy atom. The van der Waals surface area contributed by atoms with E-state index < -0.39 is 18.9 Å². The molecule has 0 aliphatic heterocycles. The molecule has 0 bridgehead atoms. The van der Waals surface area contributed by atoms with E-state index in [9.17, 15) is 18.7 Å². The molecule has 1 rings (SSSR count). The molecule has 0 saturated carbocycles. The van der Waals surface area contributed by atoms with Gasteiger partial charge in [-0.05, 0) is 12.1 Å². The normalized spacial score (nSPS) is 10.8. The average molecular weight is 314 g/mol.